The average molecular weight is 355 g/mol. The largest absolute Gasteiger partial charge is 0.342 e. The number of para-hydroxylation sites is 3. The number of imidazole rings is 1. The van der Waals surface area contributed by atoms with E-state index in [0.29, 0.717) is 17.8 Å². The summed E-state index contributed by atoms with van der Waals surface area (Å²) in [5.41, 5.74) is 4.83. The number of benzene rings is 2. The molecule has 2 aromatic carbocycles. The maximum atomic E-state index is 4.84. The molecule has 3 nitrogen and oxygen atoms in total. The zero-order valence-electron chi connectivity index (χ0n) is 15.7. The Labute approximate surface area is 159 Å². The van der Waals surface area contributed by atoms with Gasteiger partial charge in [0.1, 0.15) is 5.82 Å². The van der Waals surface area contributed by atoms with Gasteiger partial charge < -0.3 is 4.98 Å². The van der Waals surface area contributed by atoms with Crippen molar-refractivity contribution in [3.63, 3.8) is 0 Å². The van der Waals surface area contributed by atoms with Crippen LogP contribution in [0, 0.1) is 5.92 Å². The summed E-state index contributed by atoms with van der Waals surface area (Å²) >= 11 is 0. The number of rotatable bonds is 3. The second kappa shape index (κ2) is 6.80. The van der Waals surface area contributed by atoms with Gasteiger partial charge in [-0.25, -0.2) is 4.98 Å². The van der Waals surface area contributed by atoms with Crippen molar-refractivity contribution in [1.29, 1.82) is 0 Å². The van der Waals surface area contributed by atoms with Crippen LogP contribution in [-0.2, 0) is 0 Å². The molecule has 1 atom stereocenters. The molecule has 0 amide bonds. The number of H-pyrrole nitrogens is 1. The van der Waals surface area contributed by atoms with Crippen molar-refractivity contribution in [2.24, 2.45) is 5.92 Å². The molecule has 0 bridgehead atoms. The molecule has 1 aliphatic rings. The maximum absolute atomic E-state index is 4.84. The first kappa shape index (κ1) is 16.5. The molecule has 1 aliphatic carbocycles. The summed E-state index contributed by atoms with van der Waals surface area (Å²) in [7, 11) is 0. The molecule has 0 unspecified atom stereocenters. The Morgan fingerprint density at radius 3 is 2.44 bits per heavy atom. The predicted molar refractivity (Wildman–Crippen MR) is 111 cm³/mol. The molecule has 4 aromatic rings. The first-order chi connectivity index (χ1) is 13.3. The number of nitrogens with zero attached hydrogens (tertiary/aromatic N) is 2. The standard InChI is InChI=1S/C24H25N3/c1-16(24-26-22-8-4-5-9-23(22)27-24)17-10-12-18(13-11-17)19-14-15-25-21-7-3-2-6-20(19)21/h2-9,14-18H,10-13H2,1H3,(H,26,27)/t16-,17-,18+/m1/s1. The highest BCUT2D eigenvalue weighted by atomic mass is 14.9. The van der Waals surface area contributed by atoms with Crippen molar-refractivity contribution < 1.29 is 0 Å². The number of aromatic amines is 1. The highest BCUT2D eigenvalue weighted by Gasteiger charge is 2.29. The molecular formula is C24H25N3. The Morgan fingerprint density at radius 1 is 0.889 bits per heavy atom. The van der Waals surface area contributed by atoms with E-state index in [4.69, 9.17) is 4.98 Å². The monoisotopic (exact) mass is 355 g/mol. The van der Waals surface area contributed by atoms with E-state index >= 15 is 0 Å². The summed E-state index contributed by atoms with van der Waals surface area (Å²) in [6, 6.07) is 19.1. The number of hydrogen-bond donors (Lipinski definition) is 1. The molecule has 0 spiro atoms. The molecule has 27 heavy (non-hydrogen) atoms. The predicted octanol–water partition coefficient (Wildman–Crippen LogP) is 6.19. The van der Waals surface area contributed by atoms with Gasteiger partial charge in [-0.05, 0) is 67.3 Å². The van der Waals surface area contributed by atoms with Gasteiger partial charge in [0.15, 0.2) is 0 Å². The van der Waals surface area contributed by atoms with E-state index in [0.717, 1.165) is 22.4 Å². The van der Waals surface area contributed by atoms with Gasteiger partial charge >= 0.3 is 0 Å². The minimum Gasteiger partial charge on any atom is -0.342 e. The number of fused-ring (bicyclic) bond motifs is 2. The van der Waals surface area contributed by atoms with E-state index in [1.807, 2.05) is 6.20 Å². The van der Waals surface area contributed by atoms with Crippen molar-refractivity contribution in [3.05, 3.63) is 72.2 Å². The van der Waals surface area contributed by atoms with Crippen molar-refractivity contribution in [1.82, 2.24) is 15.0 Å². The molecule has 136 valence electrons. The fourth-order valence-electron chi connectivity index (χ4n) is 4.82. The van der Waals surface area contributed by atoms with Gasteiger partial charge in [0.2, 0.25) is 0 Å². The lowest BCUT2D eigenvalue weighted by atomic mass is 9.73. The fraction of sp³-hybridized carbons (Fsp3) is 0.333. The lowest BCUT2D eigenvalue weighted by Crippen LogP contribution is -2.19. The first-order valence-electron chi connectivity index (χ1n) is 10.1. The third kappa shape index (κ3) is 3.01. The zero-order chi connectivity index (χ0) is 18.2. The molecule has 1 saturated carbocycles. The van der Waals surface area contributed by atoms with Crippen molar-refractivity contribution in [3.8, 4) is 0 Å². The quantitative estimate of drug-likeness (QED) is 0.476. The van der Waals surface area contributed by atoms with E-state index < -0.39 is 0 Å². The Morgan fingerprint density at radius 2 is 1.63 bits per heavy atom. The maximum Gasteiger partial charge on any atom is 0.110 e. The van der Waals surface area contributed by atoms with Gasteiger partial charge in [0, 0.05) is 17.5 Å². The van der Waals surface area contributed by atoms with Gasteiger partial charge in [-0.2, -0.15) is 0 Å². The normalized spacial score (nSPS) is 21.5. The third-order valence-electron chi connectivity index (χ3n) is 6.44. The second-order valence-electron chi connectivity index (χ2n) is 7.96. The summed E-state index contributed by atoms with van der Waals surface area (Å²) in [4.78, 5) is 12.9. The summed E-state index contributed by atoms with van der Waals surface area (Å²) in [6.07, 6.45) is 7.01. The van der Waals surface area contributed by atoms with Crippen molar-refractivity contribution in [2.75, 3.05) is 0 Å². The van der Waals surface area contributed by atoms with Crippen LogP contribution in [0.4, 0.5) is 0 Å². The van der Waals surface area contributed by atoms with Gasteiger partial charge in [-0.15, -0.1) is 0 Å². The van der Waals surface area contributed by atoms with Crippen LogP contribution in [0.2, 0.25) is 0 Å². The van der Waals surface area contributed by atoms with E-state index in [-0.39, 0.29) is 0 Å². The Balaban J connectivity index is 1.33. The van der Waals surface area contributed by atoms with Gasteiger partial charge in [-0.3, -0.25) is 4.98 Å². The van der Waals surface area contributed by atoms with E-state index in [2.05, 4.69) is 71.5 Å². The molecule has 0 radical (unpaired) electrons. The topological polar surface area (TPSA) is 41.6 Å². The Hall–Kier alpha value is -2.68. The SMILES string of the molecule is C[C@@H](c1nc2ccccc2[nH]1)[C@H]1CC[C@@H](c2ccnc3ccccc32)CC1. The first-order valence-corrected chi connectivity index (χ1v) is 10.1. The molecule has 0 aliphatic heterocycles. The lowest BCUT2D eigenvalue weighted by Gasteiger charge is -2.32. The Bertz CT molecular complexity index is 1030. The minimum atomic E-state index is 0.479. The van der Waals surface area contributed by atoms with Crippen molar-refractivity contribution in [2.45, 2.75) is 44.4 Å². The highest BCUT2D eigenvalue weighted by molar-refractivity contribution is 5.82. The number of hydrogen-bond acceptors (Lipinski definition) is 2. The van der Waals surface area contributed by atoms with Crippen LogP contribution < -0.4 is 0 Å². The zero-order valence-corrected chi connectivity index (χ0v) is 15.7. The molecule has 5 rings (SSSR count). The molecule has 2 aromatic heterocycles. The van der Waals surface area contributed by atoms with Crippen LogP contribution in [-0.4, -0.2) is 15.0 Å². The summed E-state index contributed by atoms with van der Waals surface area (Å²) in [6.45, 7) is 2.34. The average Bonchev–Trinajstić information content (AvgIpc) is 3.17. The molecular weight excluding hydrogens is 330 g/mol. The van der Waals surface area contributed by atoms with Crippen LogP contribution in [0.3, 0.4) is 0 Å². The third-order valence-corrected chi connectivity index (χ3v) is 6.44. The second-order valence-corrected chi connectivity index (χ2v) is 7.96. The fourth-order valence-corrected chi connectivity index (χ4v) is 4.82. The van der Waals surface area contributed by atoms with E-state index in [1.54, 1.807) is 0 Å². The molecule has 2 heterocycles. The lowest BCUT2D eigenvalue weighted by molar-refractivity contribution is 0.286. The van der Waals surface area contributed by atoms with E-state index in [1.165, 1.54) is 36.6 Å². The number of pyridine rings is 1. The van der Waals surface area contributed by atoms with Crippen LogP contribution in [0.15, 0.2) is 60.8 Å². The summed E-state index contributed by atoms with van der Waals surface area (Å²) in [5, 5.41) is 1.33. The molecule has 1 fully saturated rings. The number of nitrogens with one attached hydrogen (secondary N) is 1. The molecule has 1 N–H and O–H groups in total. The smallest absolute Gasteiger partial charge is 0.110 e. The van der Waals surface area contributed by atoms with Gasteiger partial charge in [0.05, 0.1) is 16.6 Å². The van der Waals surface area contributed by atoms with Crippen LogP contribution in [0.1, 0.15) is 55.8 Å². The van der Waals surface area contributed by atoms with Crippen LogP contribution >= 0.6 is 0 Å². The van der Waals surface area contributed by atoms with E-state index in [9.17, 15) is 0 Å². The summed E-state index contributed by atoms with van der Waals surface area (Å²) < 4.78 is 0. The minimum absolute atomic E-state index is 0.479. The Kier molecular flexibility index (Phi) is 4.16. The van der Waals surface area contributed by atoms with Gasteiger partial charge in [0.25, 0.3) is 0 Å². The molecule has 3 heteroatoms. The summed E-state index contributed by atoms with van der Waals surface area (Å²) in [5.74, 6) is 2.98. The highest BCUT2D eigenvalue weighted by Crippen LogP contribution is 2.42. The van der Waals surface area contributed by atoms with Crippen LogP contribution in [0.25, 0.3) is 21.9 Å². The number of aromatic nitrogens is 3. The molecule has 0 saturated heterocycles. The van der Waals surface area contributed by atoms with Gasteiger partial charge in [-0.1, -0.05) is 37.3 Å². The van der Waals surface area contributed by atoms with Crippen LogP contribution in [0.5, 0.6) is 0 Å². The van der Waals surface area contributed by atoms with Crippen molar-refractivity contribution >= 4 is 21.9 Å².